The van der Waals surface area contributed by atoms with Crippen molar-refractivity contribution < 1.29 is 9.90 Å². The summed E-state index contributed by atoms with van der Waals surface area (Å²) in [5.74, 6) is -0.812. The van der Waals surface area contributed by atoms with Gasteiger partial charge >= 0.3 is 5.97 Å². The third kappa shape index (κ3) is 3.46. The molecule has 0 aliphatic carbocycles. The molecule has 4 heteroatoms. The first kappa shape index (κ1) is 13.5. The number of hydrogen-bond acceptors (Lipinski definition) is 3. The van der Waals surface area contributed by atoms with Gasteiger partial charge in [-0.05, 0) is 32.4 Å². The van der Waals surface area contributed by atoms with Gasteiger partial charge in [-0.25, -0.2) is 0 Å². The van der Waals surface area contributed by atoms with E-state index < -0.39 is 12.0 Å². The minimum absolute atomic E-state index is 0.153. The standard InChI is InChI=1S/C13H20N2O2/c1-9(2)15(10(3)13(16)17)8-11-6-4-5-7-12(11)14/h4-7,9-10H,8,14H2,1-3H3,(H,16,17). The van der Waals surface area contributed by atoms with Crippen LogP contribution in [0.5, 0.6) is 0 Å². The van der Waals surface area contributed by atoms with Gasteiger partial charge in [0.25, 0.3) is 0 Å². The molecule has 0 saturated heterocycles. The van der Waals surface area contributed by atoms with Crippen LogP contribution in [-0.4, -0.2) is 28.1 Å². The molecule has 17 heavy (non-hydrogen) atoms. The second-order valence-electron chi connectivity index (χ2n) is 4.48. The lowest BCUT2D eigenvalue weighted by Crippen LogP contribution is -2.42. The Morgan fingerprint density at radius 1 is 1.35 bits per heavy atom. The summed E-state index contributed by atoms with van der Waals surface area (Å²) in [6.07, 6.45) is 0. The van der Waals surface area contributed by atoms with Crippen molar-refractivity contribution in [2.45, 2.75) is 39.4 Å². The van der Waals surface area contributed by atoms with Gasteiger partial charge in [0, 0.05) is 18.3 Å². The van der Waals surface area contributed by atoms with Gasteiger partial charge < -0.3 is 10.8 Å². The molecule has 4 nitrogen and oxygen atoms in total. The molecule has 0 aliphatic rings. The summed E-state index contributed by atoms with van der Waals surface area (Å²) < 4.78 is 0. The summed E-state index contributed by atoms with van der Waals surface area (Å²) >= 11 is 0. The van der Waals surface area contributed by atoms with Crippen molar-refractivity contribution in [3.05, 3.63) is 29.8 Å². The fraction of sp³-hybridized carbons (Fsp3) is 0.462. The third-order valence-electron chi connectivity index (χ3n) is 2.93. The summed E-state index contributed by atoms with van der Waals surface area (Å²) in [5, 5.41) is 9.08. The summed E-state index contributed by atoms with van der Waals surface area (Å²) in [7, 11) is 0. The fourth-order valence-corrected chi connectivity index (χ4v) is 1.78. The van der Waals surface area contributed by atoms with E-state index in [0.29, 0.717) is 12.2 Å². The Labute approximate surface area is 102 Å². The van der Waals surface area contributed by atoms with Gasteiger partial charge in [-0.2, -0.15) is 0 Å². The van der Waals surface area contributed by atoms with Crippen LogP contribution >= 0.6 is 0 Å². The van der Waals surface area contributed by atoms with Gasteiger partial charge in [0.05, 0.1) is 0 Å². The minimum atomic E-state index is -0.812. The summed E-state index contributed by atoms with van der Waals surface area (Å²) in [4.78, 5) is 13.0. The van der Waals surface area contributed by atoms with Crippen molar-refractivity contribution in [2.75, 3.05) is 5.73 Å². The monoisotopic (exact) mass is 236 g/mol. The number of carbonyl (C=O) groups is 1. The van der Waals surface area contributed by atoms with Crippen LogP contribution in [0.25, 0.3) is 0 Å². The Hall–Kier alpha value is -1.55. The largest absolute Gasteiger partial charge is 0.480 e. The van der Waals surface area contributed by atoms with Crippen molar-refractivity contribution in [2.24, 2.45) is 0 Å². The Morgan fingerprint density at radius 3 is 2.41 bits per heavy atom. The van der Waals surface area contributed by atoms with Crippen LogP contribution in [0.4, 0.5) is 5.69 Å². The highest BCUT2D eigenvalue weighted by Crippen LogP contribution is 2.17. The second-order valence-corrected chi connectivity index (χ2v) is 4.48. The first-order valence-electron chi connectivity index (χ1n) is 5.75. The molecule has 1 unspecified atom stereocenters. The van der Waals surface area contributed by atoms with E-state index in [-0.39, 0.29) is 6.04 Å². The van der Waals surface area contributed by atoms with Crippen molar-refractivity contribution >= 4 is 11.7 Å². The molecule has 1 atom stereocenters. The van der Waals surface area contributed by atoms with Crippen LogP contribution in [-0.2, 0) is 11.3 Å². The Morgan fingerprint density at radius 2 is 1.94 bits per heavy atom. The maximum atomic E-state index is 11.0. The predicted octanol–water partition coefficient (Wildman–Crippen LogP) is 1.95. The number of nitrogens with two attached hydrogens (primary N) is 1. The number of benzene rings is 1. The van der Waals surface area contributed by atoms with Gasteiger partial charge in [0.2, 0.25) is 0 Å². The number of carboxylic acid groups (broad SMARTS) is 1. The smallest absolute Gasteiger partial charge is 0.320 e. The van der Waals surface area contributed by atoms with Gasteiger partial charge in [-0.3, -0.25) is 9.69 Å². The molecule has 0 radical (unpaired) electrons. The normalized spacial score (nSPS) is 13.0. The molecule has 3 N–H and O–H groups in total. The zero-order valence-electron chi connectivity index (χ0n) is 10.6. The van der Waals surface area contributed by atoms with Crippen molar-refractivity contribution in [1.29, 1.82) is 0 Å². The zero-order valence-corrected chi connectivity index (χ0v) is 10.6. The molecule has 1 aromatic carbocycles. The lowest BCUT2D eigenvalue weighted by molar-refractivity contribution is -0.143. The Balaban J connectivity index is 2.88. The lowest BCUT2D eigenvalue weighted by atomic mass is 10.1. The molecule has 0 bridgehead atoms. The van der Waals surface area contributed by atoms with Crippen LogP contribution < -0.4 is 5.73 Å². The minimum Gasteiger partial charge on any atom is -0.480 e. The maximum absolute atomic E-state index is 11.0. The third-order valence-corrected chi connectivity index (χ3v) is 2.93. The molecule has 0 amide bonds. The first-order valence-corrected chi connectivity index (χ1v) is 5.75. The highest BCUT2D eigenvalue weighted by molar-refractivity contribution is 5.73. The molecule has 0 aromatic heterocycles. The zero-order chi connectivity index (χ0) is 13.0. The summed E-state index contributed by atoms with van der Waals surface area (Å²) in [6.45, 7) is 6.22. The summed E-state index contributed by atoms with van der Waals surface area (Å²) in [6, 6.07) is 7.18. The second kappa shape index (κ2) is 5.68. The number of nitrogens with zero attached hydrogens (tertiary/aromatic N) is 1. The number of aliphatic carboxylic acids is 1. The van der Waals surface area contributed by atoms with Crippen molar-refractivity contribution in [1.82, 2.24) is 4.90 Å². The van der Waals surface area contributed by atoms with Crippen LogP contribution in [0.3, 0.4) is 0 Å². The van der Waals surface area contributed by atoms with E-state index in [4.69, 9.17) is 10.8 Å². The van der Waals surface area contributed by atoms with Crippen molar-refractivity contribution in [3.63, 3.8) is 0 Å². The molecular formula is C13H20N2O2. The van der Waals surface area contributed by atoms with Gasteiger partial charge in [-0.1, -0.05) is 18.2 Å². The highest BCUT2D eigenvalue weighted by atomic mass is 16.4. The predicted molar refractivity (Wildman–Crippen MR) is 68.6 cm³/mol. The van der Waals surface area contributed by atoms with Crippen LogP contribution in [0.1, 0.15) is 26.3 Å². The molecule has 0 spiro atoms. The Bertz CT molecular complexity index is 391. The van der Waals surface area contributed by atoms with E-state index >= 15 is 0 Å². The average Bonchev–Trinajstić information content (AvgIpc) is 2.26. The number of hydrogen-bond donors (Lipinski definition) is 2. The highest BCUT2D eigenvalue weighted by Gasteiger charge is 2.23. The van der Waals surface area contributed by atoms with Gasteiger partial charge in [0.15, 0.2) is 0 Å². The Kier molecular flexibility index (Phi) is 4.52. The molecule has 94 valence electrons. The number of anilines is 1. The SMILES string of the molecule is CC(C)N(Cc1ccccc1N)C(C)C(=O)O. The molecular weight excluding hydrogens is 216 g/mol. The average molecular weight is 236 g/mol. The van der Waals surface area contributed by atoms with E-state index in [1.54, 1.807) is 6.92 Å². The van der Waals surface area contributed by atoms with Crippen LogP contribution in [0.2, 0.25) is 0 Å². The number of rotatable bonds is 5. The number of nitrogen functional groups attached to an aromatic ring is 1. The van der Waals surface area contributed by atoms with E-state index in [2.05, 4.69) is 0 Å². The molecule has 0 heterocycles. The van der Waals surface area contributed by atoms with E-state index in [1.165, 1.54) is 0 Å². The number of para-hydroxylation sites is 1. The molecule has 0 aliphatic heterocycles. The van der Waals surface area contributed by atoms with Crippen molar-refractivity contribution in [3.8, 4) is 0 Å². The van der Waals surface area contributed by atoms with Gasteiger partial charge in [0.1, 0.15) is 6.04 Å². The molecule has 1 rings (SSSR count). The van der Waals surface area contributed by atoms with Crippen LogP contribution in [0, 0.1) is 0 Å². The molecule has 1 aromatic rings. The van der Waals surface area contributed by atoms with E-state index in [1.807, 2.05) is 43.0 Å². The van der Waals surface area contributed by atoms with E-state index in [0.717, 1.165) is 5.56 Å². The fourth-order valence-electron chi connectivity index (χ4n) is 1.78. The number of carboxylic acids is 1. The lowest BCUT2D eigenvalue weighted by Gasteiger charge is -2.30. The molecule has 0 fully saturated rings. The van der Waals surface area contributed by atoms with E-state index in [9.17, 15) is 4.79 Å². The summed E-state index contributed by atoms with van der Waals surface area (Å²) in [5.41, 5.74) is 7.54. The van der Waals surface area contributed by atoms with Crippen LogP contribution in [0.15, 0.2) is 24.3 Å². The quantitative estimate of drug-likeness (QED) is 0.767. The topological polar surface area (TPSA) is 66.6 Å². The first-order chi connectivity index (χ1) is 7.93. The molecule has 0 saturated carbocycles. The maximum Gasteiger partial charge on any atom is 0.320 e. The van der Waals surface area contributed by atoms with Gasteiger partial charge in [-0.15, -0.1) is 0 Å².